The van der Waals surface area contributed by atoms with Crippen molar-refractivity contribution in [2.24, 2.45) is 5.92 Å². The number of hydrogen-bond acceptors (Lipinski definition) is 6. The minimum absolute atomic E-state index is 0.000216. The number of piperidine rings is 1. The quantitative estimate of drug-likeness (QED) is 0.756. The molecule has 1 aromatic carbocycles. The molecule has 1 aromatic rings. The van der Waals surface area contributed by atoms with Gasteiger partial charge in [0, 0.05) is 32.2 Å². The van der Waals surface area contributed by atoms with Gasteiger partial charge in [0.25, 0.3) is 5.91 Å². The number of aryl methyl sites for hydroxylation is 1. The number of fused-ring (bicyclic) bond motifs is 1. The van der Waals surface area contributed by atoms with Crippen molar-refractivity contribution in [3.63, 3.8) is 0 Å². The van der Waals surface area contributed by atoms with E-state index in [2.05, 4.69) is 5.32 Å². The average Bonchev–Trinajstić information content (AvgIpc) is 2.74. The monoisotopic (exact) mass is 437 g/mol. The molecular weight excluding hydrogens is 410 g/mol. The molecule has 0 saturated carbocycles. The Morgan fingerprint density at radius 1 is 1.20 bits per heavy atom. The second-order valence-electron chi connectivity index (χ2n) is 8.00. The SMILES string of the molecule is Cc1cc2c(cc1S(=O)(=O)N1CCC[C@@H](C(=O)N3CCOCC3)C1)O[C@@H](C)C(=O)N2. The largest absolute Gasteiger partial charge is 0.479 e. The molecule has 2 atom stereocenters. The lowest BCUT2D eigenvalue weighted by molar-refractivity contribution is -0.140. The second-order valence-corrected chi connectivity index (χ2v) is 9.91. The minimum Gasteiger partial charge on any atom is -0.479 e. The molecule has 4 rings (SSSR count). The van der Waals surface area contributed by atoms with Crippen molar-refractivity contribution in [2.75, 3.05) is 44.7 Å². The van der Waals surface area contributed by atoms with Crippen LogP contribution in [0.2, 0.25) is 0 Å². The number of carbonyl (C=O) groups is 2. The number of benzene rings is 1. The summed E-state index contributed by atoms with van der Waals surface area (Å²) in [5, 5.41) is 2.73. The maximum Gasteiger partial charge on any atom is 0.265 e. The number of nitrogens with one attached hydrogen (secondary N) is 1. The summed E-state index contributed by atoms with van der Waals surface area (Å²) in [6.07, 6.45) is 0.618. The normalized spacial score (nSPS) is 25.3. The van der Waals surface area contributed by atoms with Gasteiger partial charge in [-0.25, -0.2) is 8.42 Å². The number of anilines is 1. The van der Waals surface area contributed by atoms with Crippen LogP contribution >= 0.6 is 0 Å². The highest BCUT2D eigenvalue weighted by Gasteiger charge is 2.37. The Labute approximate surface area is 176 Å². The van der Waals surface area contributed by atoms with Crippen LogP contribution in [0.4, 0.5) is 5.69 Å². The number of nitrogens with zero attached hydrogens (tertiary/aromatic N) is 2. The lowest BCUT2D eigenvalue weighted by Crippen LogP contribution is -2.49. The number of amides is 2. The third-order valence-corrected chi connectivity index (χ3v) is 7.89. The van der Waals surface area contributed by atoms with Gasteiger partial charge in [0.2, 0.25) is 15.9 Å². The zero-order valence-electron chi connectivity index (χ0n) is 17.2. The number of ether oxygens (including phenoxy) is 2. The lowest BCUT2D eigenvalue weighted by Gasteiger charge is -2.36. The van der Waals surface area contributed by atoms with Crippen molar-refractivity contribution < 1.29 is 27.5 Å². The van der Waals surface area contributed by atoms with Crippen LogP contribution in [0.15, 0.2) is 17.0 Å². The summed E-state index contributed by atoms with van der Waals surface area (Å²) in [5.41, 5.74) is 0.988. The molecule has 1 N–H and O–H groups in total. The second kappa shape index (κ2) is 8.16. The van der Waals surface area contributed by atoms with E-state index in [1.54, 1.807) is 24.8 Å². The van der Waals surface area contributed by atoms with Crippen molar-refractivity contribution in [1.82, 2.24) is 9.21 Å². The minimum atomic E-state index is -3.81. The van der Waals surface area contributed by atoms with Crippen LogP contribution in [-0.2, 0) is 24.3 Å². The fourth-order valence-electron chi connectivity index (χ4n) is 4.16. The zero-order valence-corrected chi connectivity index (χ0v) is 18.0. The van der Waals surface area contributed by atoms with Crippen LogP contribution < -0.4 is 10.1 Å². The number of morpholine rings is 1. The first-order valence-electron chi connectivity index (χ1n) is 10.3. The van der Waals surface area contributed by atoms with Crippen molar-refractivity contribution in [3.05, 3.63) is 17.7 Å². The van der Waals surface area contributed by atoms with E-state index in [-0.39, 0.29) is 29.2 Å². The van der Waals surface area contributed by atoms with Crippen molar-refractivity contribution in [2.45, 2.75) is 37.7 Å². The van der Waals surface area contributed by atoms with E-state index < -0.39 is 16.1 Å². The van der Waals surface area contributed by atoms with E-state index in [1.807, 2.05) is 0 Å². The van der Waals surface area contributed by atoms with Gasteiger partial charge in [-0.15, -0.1) is 0 Å². The Morgan fingerprint density at radius 3 is 2.67 bits per heavy atom. The average molecular weight is 438 g/mol. The molecule has 0 unspecified atom stereocenters. The fraction of sp³-hybridized carbons (Fsp3) is 0.600. The predicted molar refractivity (Wildman–Crippen MR) is 109 cm³/mol. The molecule has 3 aliphatic heterocycles. The van der Waals surface area contributed by atoms with Gasteiger partial charge in [-0.2, -0.15) is 4.31 Å². The topological polar surface area (TPSA) is 105 Å². The molecular formula is C20H27N3O6S. The smallest absolute Gasteiger partial charge is 0.265 e. The Morgan fingerprint density at radius 2 is 1.93 bits per heavy atom. The van der Waals surface area contributed by atoms with Gasteiger partial charge in [-0.3, -0.25) is 9.59 Å². The molecule has 0 radical (unpaired) electrons. The summed E-state index contributed by atoms with van der Waals surface area (Å²) in [6, 6.07) is 3.09. The van der Waals surface area contributed by atoms with Gasteiger partial charge in [0.15, 0.2) is 6.10 Å². The highest BCUT2D eigenvalue weighted by molar-refractivity contribution is 7.89. The molecule has 30 heavy (non-hydrogen) atoms. The Kier molecular flexibility index (Phi) is 5.73. The highest BCUT2D eigenvalue weighted by Crippen LogP contribution is 2.36. The Hall–Kier alpha value is -2.17. The van der Waals surface area contributed by atoms with E-state index in [0.717, 1.165) is 0 Å². The van der Waals surface area contributed by atoms with Crippen molar-refractivity contribution in [3.8, 4) is 5.75 Å². The van der Waals surface area contributed by atoms with Gasteiger partial charge in [-0.05, 0) is 38.3 Å². The Bertz CT molecular complexity index is 958. The van der Waals surface area contributed by atoms with Crippen LogP contribution in [0.1, 0.15) is 25.3 Å². The van der Waals surface area contributed by atoms with Crippen molar-refractivity contribution in [1.29, 1.82) is 0 Å². The van der Waals surface area contributed by atoms with Crippen LogP contribution in [0, 0.1) is 12.8 Å². The summed E-state index contributed by atoms with van der Waals surface area (Å²) >= 11 is 0. The Balaban J connectivity index is 1.56. The summed E-state index contributed by atoms with van der Waals surface area (Å²) in [4.78, 5) is 26.6. The lowest BCUT2D eigenvalue weighted by atomic mass is 9.98. The van der Waals surface area contributed by atoms with E-state index >= 15 is 0 Å². The van der Waals surface area contributed by atoms with E-state index in [4.69, 9.17) is 9.47 Å². The predicted octanol–water partition coefficient (Wildman–Crippen LogP) is 0.974. The summed E-state index contributed by atoms with van der Waals surface area (Å²) < 4.78 is 39.1. The van der Waals surface area contributed by atoms with Crippen LogP contribution in [0.25, 0.3) is 0 Å². The van der Waals surface area contributed by atoms with Gasteiger partial charge in [-0.1, -0.05) is 0 Å². The van der Waals surface area contributed by atoms with Crippen LogP contribution in [-0.4, -0.2) is 74.9 Å². The van der Waals surface area contributed by atoms with Crippen LogP contribution in [0.3, 0.4) is 0 Å². The first-order valence-corrected chi connectivity index (χ1v) is 11.7. The molecule has 0 aromatic heterocycles. The number of hydrogen-bond donors (Lipinski definition) is 1. The molecule has 164 valence electrons. The van der Waals surface area contributed by atoms with Gasteiger partial charge < -0.3 is 19.7 Å². The first-order chi connectivity index (χ1) is 14.3. The van der Waals surface area contributed by atoms with E-state index in [9.17, 15) is 18.0 Å². The van der Waals surface area contributed by atoms with Crippen LogP contribution in [0.5, 0.6) is 5.75 Å². The molecule has 2 fully saturated rings. The van der Waals surface area contributed by atoms with Crippen molar-refractivity contribution >= 4 is 27.5 Å². The van der Waals surface area contributed by atoms with Gasteiger partial charge >= 0.3 is 0 Å². The molecule has 0 spiro atoms. The summed E-state index contributed by atoms with van der Waals surface area (Å²) in [6.45, 7) is 5.98. The summed E-state index contributed by atoms with van der Waals surface area (Å²) in [5.74, 6) is -0.275. The number of carbonyl (C=O) groups excluding carboxylic acids is 2. The molecule has 2 saturated heterocycles. The summed E-state index contributed by atoms with van der Waals surface area (Å²) in [7, 11) is -3.81. The number of sulfonamides is 1. The van der Waals surface area contributed by atoms with E-state index in [1.165, 1.54) is 10.4 Å². The molecule has 10 heteroatoms. The first kappa shape index (κ1) is 21.1. The fourth-order valence-corrected chi connectivity index (χ4v) is 5.91. The third kappa shape index (κ3) is 3.91. The molecule has 9 nitrogen and oxygen atoms in total. The van der Waals surface area contributed by atoms with Gasteiger partial charge in [0.05, 0.1) is 29.7 Å². The number of rotatable bonds is 3. The zero-order chi connectivity index (χ0) is 21.5. The standard InChI is InChI=1S/C20H27N3O6S/c1-13-10-16-17(29-14(2)19(24)21-16)11-18(13)30(26,27)23-5-3-4-15(12-23)20(25)22-6-8-28-9-7-22/h10-11,14-15H,3-9,12H2,1-2H3,(H,21,24)/t14-,15+/m0/s1. The molecule has 0 aliphatic carbocycles. The molecule has 0 bridgehead atoms. The third-order valence-electron chi connectivity index (χ3n) is 5.88. The molecule has 3 heterocycles. The van der Waals surface area contributed by atoms with E-state index in [0.29, 0.717) is 62.7 Å². The maximum atomic E-state index is 13.4. The molecule has 3 aliphatic rings. The maximum absolute atomic E-state index is 13.4. The van der Waals surface area contributed by atoms with Gasteiger partial charge in [0.1, 0.15) is 5.75 Å². The highest BCUT2D eigenvalue weighted by atomic mass is 32.2. The molecule has 2 amide bonds.